The summed E-state index contributed by atoms with van der Waals surface area (Å²) in [5, 5.41) is 6.32. The van der Waals surface area contributed by atoms with Crippen LogP contribution in [0.3, 0.4) is 0 Å². The standard InChI is InChI=1S/C20H19N3O/c24-20(18-9-11-21-12-10-18)23-19-8-4-7-17(13-19)15-22-14-16-5-2-1-3-6-16/h1-13,22H,14-15H2,(H,23,24). The molecule has 24 heavy (non-hydrogen) atoms. The quantitative estimate of drug-likeness (QED) is 0.730. The summed E-state index contributed by atoms with van der Waals surface area (Å²) in [6.07, 6.45) is 3.22. The number of aromatic nitrogens is 1. The van der Waals surface area contributed by atoms with Gasteiger partial charge in [-0.3, -0.25) is 9.78 Å². The van der Waals surface area contributed by atoms with Crippen molar-refractivity contribution in [3.05, 3.63) is 95.8 Å². The van der Waals surface area contributed by atoms with Gasteiger partial charge in [-0.25, -0.2) is 0 Å². The number of rotatable bonds is 6. The molecule has 2 aromatic carbocycles. The van der Waals surface area contributed by atoms with Crippen LogP contribution in [0.4, 0.5) is 5.69 Å². The lowest BCUT2D eigenvalue weighted by Gasteiger charge is -2.09. The van der Waals surface area contributed by atoms with Gasteiger partial charge in [0.2, 0.25) is 0 Å². The first-order valence-corrected chi connectivity index (χ1v) is 7.86. The van der Waals surface area contributed by atoms with Crippen molar-refractivity contribution in [2.75, 3.05) is 5.32 Å². The summed E-state index contributed by atoms with van der Waals surface area (Å²) in [5.41, 5.74) is 3.76. The van der Waals surface area contributed by atoms with Crippen molar-refractivity contribution in [2.24, 2.45) is 0 Å². The Morgan fingerprint density at radius 1 is 0.833 bits per heavy atom. The fourth-order valence-electron chi connectivity index (χ4n) is 2.41. The zero-order valence-corrected chi connectivity index (χ0v) is 13.3. The molecular formula is C20H19N3O. The van der Waals surface area contributed by atoms with Crippen molar-refractivity contribution in [3.8, 4) is 0 Å². The molecule has 0 radical (unpaired) electrons. The smallest absolute Gasteiger partial charge is 0.255 e. The molecule has 0 spiro atoms. The molecule has 0 bridgehead atoms. The van der Waals surface area contributed by atoms with E-state index in [0.29, 0.717) is 5.56 Å². The normalized spacial score (nSPS) is 10.3. The van der Waals surface area contributed by atoms with Crippen LogP contribution in [-0.4, -0.2) is 10.9 Å². The van der Waals surface area contributed by atoms with Gasteiger partial charge in [0, 0.05) is 36.7 Å². The Balaban J connectivity index is 1.57. The fraction of sp³-hybridized carbons (Fsp3) is 0.100. The average molecular weight is 317 g/mol. The van der Waals surface area contributed by atoms with Crippen LogP contribution in [0.15, 0.2) is 79.1 Å². The van der Waals surface area contributed by atoms with Crippen molar-refractivity contribution >= 4 is 11.6 Å². The van der Waals surface area contributed by atoms with E-state index in [9.17, 15) is 4.79 Å². The lowest BCUT2D eigenvalue weighted by atomic mass is 10.1. The molecule has 0 saturated carbocycles. The number of nitrogens with one attached hydrogen (secondary N) is 2. The SMILES string of the molecule is O=C(Nc1cccc(CNCc2ccccc2)c1)c1ccncc1. The fourth-order valence-corrected chi connectivity index (χ4v) is 2.41. The molecule has 1 aromatic heterocycles. The number of pyridine rings is 1. The van der Waals surface area contributed by atoms with Gasteiger partial charge in [-0.1, -0.05) is 42.5 Å². The van der Waals surface area contributed by atoms with Crippen LogP contribution in [0.5, 0.6) is 0 Å². The van der Waals surface area contributed by atoms with Gasteiger partial charge in [-0.15, -0.1) is 0 Å². The van der Waals surface area contributed by atoms with E-state index in [1.165, 1.54) is 5.56 Å². The van der Waals surface area contributed by atoms with E-state index in [4.69, 9.17) is 0 Å². The Kier molecular flexibility index (Phi) is 5.32. The molecule has 0 fully saturated rings. The van der Waals surface area contributed by atoms with Gasteiger partial charge in [-0.2, -0.15) is 0 Å². The highest BCUT2D eigenvalue weighted by Gasteiger charge is 2.05. The van der Waals surface area contributed by atoms with Crippen molar-refractivity contribution in [3.63, 3.8) is 0 Å². The summed E-state index contributed by atoms with van der Waals surface area (Å²) in [5.74, 6) is -0.133. The monoisotopic (exact) mass is 317 g/mol. The summed E-state index contributed by atoms with van der Waals surface area (Å²) in [6, 6.07) is 21.5. The number of hydrogen-bond donors (Lipinski definition) is 2. The van der Waals surface area contributed by atoms with Crippen molar-refractivity contribution in [2.45, 2.75) is 13.1 Å². The van der Waals surface area contributed by atoms with E-state index in [1.807, 2.05) is 42.5 Å². The average Bonchev–Trinajstić information content (AvgIpc) is 2.64. The minimum atomic E-state index is -0.133. The molecular weight excluding hydrogens is 298 g/mol. The number of amides is 1. The van der Waals surface area contributed by atoms with E-state index in [0.717, 1.165) is 24.3 Å². The van der Waals surface area contributed by atoms with Gasteiger partial charge >= 0.3 is 0 Å². The molecule has 120 valence electrons. The highest BCUT2D eigenvalue weighted by atomic mass is 16.1. The van der Waals surface area contributed by atoms with Gasteiger partial charge in [-0.05, 0) is 35.4 Å². The molecule has 1 amide bonds. The first-order chi connectivity index (χ1) is 11.8. The number of nitrogens with zero attached hydrogens (tertiary/aromatic N) is 1. The number of benzene rings is 2. The Hall–Kier alpha value is -2.98. The first kappa shape index (κ1) is 15.9. The summed E-state index contributed by atoms with van der Waals surface area (Å²) in [4.78, 5) is 16.1. The molecule has 0 atom stereocenters. The largest absolute Gasteiger partial charge is 0.322 e. The molecule has 0 aliphatic rings. The highest BCUT2D eigenvalue weighted by Crippen LogP contribution is 2.12. The molecule has 3 aromatic rings. The predicted octanol–water partition coefficient (Wildman–Crippen LogP) is 3.62. The summed E-state index contributed by atoms with van der Waals surface area (Å²) < 4.78 is 0. The summed E-state index contributed by atoms with van der Waals surface area (Å²) in [7, 11) is 0. The Bertz CT molecular complexity index is 788. The van der Waals surface area contributed by atoms with Crippen molar-refractivity contribution in [1.29, 1.82) is 0 Å². The Labute approximate surface area is 141 Å². The third-order valence-electron chi connectivity index (χ3n) is 3.63. The number of hydrogen-bond acceptors (Lipinski definition) is 3. The maximum absolute atomic E-state index is 12.2. The predicted molar refractivity (Wildman–Crippen MR) is 95.6 cm³/mol. The molecule has 4 heteroatoms. The second kappa shape index (κ2) is 8.04. The highest BCUT2D eigenvalue weighted by molar-refractivity contribution is 6.04. The van der Waals surface area contributed by atoms with Gasteiger partial charge < -0.3 is 10.6 Å². The molecule has 3 rings (SSSR count). The second-order valence-electron chi connectivity index (χ2n) is 5.48. The first-order valence-electron chi connectivity index (χ1n) is 7.86. The van der Waals surface area contributed by atoms with Crippen LogP contribution in [0.2, 0.25) is 0 Å². The molecule has 0 aliphatic heterocycles. The lowest BCUT2D eigenvalue weighted by Crippen LogP contribution is -2.14. The minimum absolute atomic E-state index is 0.133. The molecule has 0 aliphatic carbocycles. The minimum Gasteiger partial charge on any atom is -0.322 e. The number of anilines is 1. The summed E-state index contributed by atoms with van der Waals surface area (Å²) in [6.45, 7) is 1.56. The van der Waals surface area contributed by atoms with Crippen LogP contribution >= 0.6 is 0 Å². The molecule has 1 heterocycles. The van der Waals surface area contributed by atoms with E-state index >= 15 is 0 Å². The maximum Gasteiger partial charge on any atom is 0.255 e. The van der Waals surface area contributed by atoms with Crippen molar-refractivity contribution < 1.29 is 4.79 Å². The van der Waals surface area contributed by atoms with Crippen LogP contribution in [0.25, 0.3) is 0 Å². The maximum atomic E-state index is 12.2. The topological polar surface area (TPSA) is 54.0 Å². The third kappa shape index (κ3) is 4.51. The van der Waals surface area contributed by atoms with E-state index in [-0.39, 0.29) is 5.91 Å². The van der Waals surface area contributed by atoms with Crippen LogP contribution in [-0.2, 0) is 13.1 Å². The van der Waals surface area contributed by atoms with E-state index < -0.39 is 0 Å². The van der Waals surface area contributed by atoms with Gasteiger partial charge in [0.25, 0.3) is 5.91 Å². The zero-order valence-electron chi connectivity index (χ0n) is 13.3. The molecule has 2 N–H and O–H groups in total. The Morgan fingerprint density at radius 2 is 1.54 bits per heavy atom. The second-order valence-corrected chi connectivity index (χ2v) is 5.48. The van der Waals surface area contributed by atoms with Crippen LogP contribution in [0.1, 0.15) is 21.5 Å². The molecule has 0 unspecified atom stereocenters. The number of carbonyl (C=O) groups is 1. The summed E-state index contributed by atoms with van der Waals surface area (Å²) >= 11 is 0. The van der Waals surface area contributed by atoms with Gasteiger partial charge in [0.05, 0.1) is 0 Å². The van der Waals surface area contributed by atoms with Gasteiger partial charge in [0.15, 0.2) is 0 Å². The van der Waals surface area contributed by atoms with Gasteiger partial charge in [0.1, 0.15) is 0 Å². The Morgan fingerprint density at radius 3 is 2.33 bits per heavy atom. The van der Waals surface area contributed by atoms with E-state index in [1.54, 1.807) is 24.5 Å². The van der Waals surface area contributed by atoms with Crippen molar-refractivity contribution in [1.82, 2.24) is 10.3 Å². The molecule has 0 saturated heterocycles. The van der Waals surface area contributed by atoms with Crippen LogP contribution in [0, 0.1) is 0 Å². The van der Waals surface area contributed by atoms with E-state index in [2.05, 4.69) is 27.8 Å². The zero-order chi connectivity index (χ0) is 16.6. The lowest BCUT2D eigenvalue weighted by molar-refractivity contribution is 0.102. The third-order valence-corrected chi connectivity index (χ3v) is 3.63. The van der Waals surface area contributed by atoms with Crippen LogP contribution < -0.4 is 10.6 Å². The molecule has 4 nitrogen and oxygen atoms in total. The number of carbonyl (C=O) groups excluding carboxylic acids is 1.